The van der Waals surface area contributed by atoms with Crippen molar-refractivity contribution in [2.24, 2.45) is 0 Å². The van der Waals surface area contributed by atoms with Crippen molar-refractivity contribution in [2.45, 2.75) is 26.2 Å². The summed E-state index contributed by atoms with van der Waals surface area (Å²) in [4.78, 5) is 9.07. The SMILES string of the molecule is CC(C)(C)c1ccc(OCP(C)(=O)O)cc1F. The lowest BCUT2D eigenvalue weighted by molar-refractivity contribution is 0.350. The lowest BCUT2D eigenvalue weighted by atomic mass is 9.87. The number of benzene rings is 1. The van der Waals surface area contributed by atoms with Gasteiger partial charge in [0.2, 0.25) is 7.37 Å². The van der Waals surface area contributed by atoms with Crippen LogP contribution in [0.25, 0.3) is 0 Å². The monoisotopic (exact) mass is 260 g/mol. The molecule has 0 saturated heterocycles. The quantitative estimate of drug-likeness (QED) is 0.848. The van der Waals surface area contributed by atoms with Crippen LogP contribution in [0.1, 0.15) is 26.3 Å². The highest BCUT2D eigenvalue weighted by molar-refractivity contribution is 7.56. The molecule has 0 aliphatic rings. The van der Waals surface area contributed by atoms with Crippen LogP contribution < -0.4 is 4.74 Å². The molecular weight excluding hydrogens is 242 g/mol. The van der Waals surface area contributed by atoms with Crippen molar-refractivity contribution < 1.29 is 18.6 Å². The van der Waals surface area contributed by atoms with E-state index in [1.807, 2.05) is 20.8 Å². The first-order chi connectivity index (χ1) is 7.59. The molecule has 0 bridgehead atoms. The summed E-state index contributed by atoms with van der Waals surface area (Å²) in [5.41, 5.74) is 0.313. The standard InChI is InChI=1S/C12H18FO3P/c1-12(2,3)10-6-5-9(7-11(10)13)16-8-17(4,14)15/h5-7H,8H2,1-4H3,(H,14,15). The maximum Gasteiger partial charge on any atom is 0.233 e. The zero-order chi connectivity index (χ0) is 13.3. The number of hydrogen-bond donors (Lipinski definition) is 1. The summed E-state index contributed by atoms with van der Waals surface area (Å²) >= 11 is 0. The van der Waals surface area contributed by atoms with Gasteiger partial charge in [-0.05, 0) is 17.0 Å². The van der Waals surface area contributed by atoms with Crippen LogP contribution in [0.5, 0.6) is 5.75 Å². The van der Waals surface area contributed by atoms with E-state index in [1.54, 1.807) is 12.1 Å². The van der Waals surface area contributed by atoms with Crippen LogP contribution in [0.3, 0.4) is 0 Å². The summed E-state index contributed by atoms with van der Waals surface area (Å²) in [6, 6.07) is 4.50. The van der Waals surface area contributed by atoms with E-state index in [0.717, 1.165) is 0 Å². The van der Waals surface area contributed by atoms with E-state index in [1.165, 1.54) is 12.7 Å². The Bertz CT molecular complexity index is 446. The number of hydrogen-bond acceptors (Lipinski definition) is 2. The van der Waals surface area contributed by atoms with E-state index in [-0.39, 0.29) is 23.3 Å². The molecule has 0 aliphatic carbocycles. The van der Waals surface area contributed by atoms with Crippen molar-refractivity contribution >= 4 is 7.37 Å². The van der Waals surface area contributed by atoms with E-state index >= 15 is 0 Å². The van der Waals surface area contributed by atoms with Crippen LogP contribution in [0.15, 0.2) is 18.2 Å². The number of rotatable bonds is 3. The van der Waals surface area contributed by atoms with Gasteiger partial charge in [0.05, 0.1) is 0 Å². The molecule has 1 N–H and O–H groups in total. The zero-order valence-electron chi connectivity index (χ0n) is 10.5. The molecule has 5 heteroatoms. The maximum atomic E-state index is 13.8. The Kier molecular flexibility index (Phi) is 4.00. The van der Waals surface area contributed by atoms with Crippen molar-refractivity contribution in [3.63, 3.8) is 0 Å². The van der Waals surface area contributed by atoms with Gasteiger partial charge in [0, 0.05) is 12.7 Å². The van der Waals surface area contributed by atoms with Gasteiger partial charge < -0.3 is 9.63 Å². The van der Waals surface area contributed by atoms with Gasteiger partial charge in [0.15, 0.2) is 6.35 Å². The lowest BCUT2D eigenvalue weighted by Gasteiger charge is -2.20. The van der Waals surface area contributed by atoms with Crippen molar-refractivity contribution in [3.8, 4) is 5.75 Å². The third-order valence-electron chi connectivity index (χ3n) is 2.22. The summed E-state index contributed by atoms with van der Waals surface area (Å²) in [6.07, 6.45) is -0.304. The first-order valence-electron chi connectivity index (χ1n) is 5.32. The molecule has 3 nitrogen and oxygen atoms in total. The molecule has 1 aromatic carbocycles. The fourth-order valence-electron chi connectivity index (χ4n) is 1.39. The molecule has 1 unspecified atom stereocenters. The van der Waals surface area contributed by atoms with Crippen LogP contribution in [-0.2, 0) is 9.98 Å². The second kappa shape index (κ2) is 4.79. The van der Waals surface area contributed by atoms with E-state index in [0.29, 0.717) is 5.56 Å². The smallest absolute Gasteiger partial charge is 0.233 e. The molecule has 0 fully saturated rings. The molecule has 0 radical (unpaired) electrons. The first kappa shape index (κ1) is 14.2. The van der Waals surface area contributed by atoms with E-state index in [4.69, 9.17) is 9.63 Å². The predicted molar refractivity (Wildman–Crippen MR) is 66.3 cm³/mol. The van der Waals surface area contributed by atoms with E-state index in [2.05, 4.69) is 0 Å². The second-order valence-corrected chi connectivity index (χ2v) is 7.58. The van der Waals surface area contributed by atoms with Crippen molar-refractivity contribution in [1.29, 1.82) is 0 Å². The van der Waals surface area contributed by atoms with Crippen LogP contribution in [-0.4, -0.2) is 17.9 Å². The Labute approximate surface area is 101 Å². The zero-order valence-corrected chi connectivity index (χ0v) is 11.4. The Morgan fingerprint density at radius 3 is 2.41 bits per heavy atom. The third-order valence-corrected chi connectivity index (χ3v) is 2.83. The van der Waals surface area contributed by atoms with Gasteiger partial charge in [-0.15, -0.1) is 0 Å². The summed E-state index contributed by atoms with van der Waals surface area (Å²) in [6.45, 7) is 6.95. The minimum absolute atomic E-state index is 0.270. The molecule has 17 heavy (non-hydrogen) atoms. The Balaban J connectivity index is 2.87. The molecule has 0 saturated carbocycles. The molecule has 1 atom stereocenters. The van der Waals surface area contributed by atoms with Gasteiger partial charge >= 0.3 is 0 Å². The predicted octanol–water partition coefficient (Wildman–Crippen LogP) is 3.36. The van der Waals surface area contributed by atoms with Crippen LogP contribution in [0, 0.1) is 5.82 Å². The molecule has 0 heterocycles. The molecular formula is C12H18FO3P. The molecule has 1 rings (SSSR count). The van der Waals surface area contributed by atoms with Crippen LogP contribution in [0.4, 0.5) is 4.39 Å². The average molecular weight is 260 g/mol. The van der Waals surface area contributed by atoms with Crippen molar-refractivity contribution in [2.75, 3.05) is 13.0 Å². The fourth-order valence-corrected chi connectivity index (χ4v) is 1.78. The van der Waals surface area contributed by atoms with Crippen molar-refractivity contribution in [1.82, 2.24) is 0 Å². The van der Waals surface area contributed by atoms with Crippen LogP contribution in [0.2, 0.25) is 0 Å². The number of halogens is 1. The molecule has 96 valence electrons. The van der Waals surface area contributed by atoms with Gasteiger partial charge in [0.25, 0.3) is 0 Å². The number of ether oxygens (including phenoxy) is 1. The molecule has 0 amide bonds. The van der Waals surface area contributed by atoms with Gasteiger partial charge in [-0.3, -0.25) is 4.57 Å². The average Bonchev–Trinajstić information content (AvgIpc) is 2.11. The highest BCUT2D eigenvalue weighted by Gasteiger charge is 2.19. The fraction of sp³-hybridized carbons (Fsp3) is 0.500. The van der Waals surface area contributed by atoms with Gasteiger partial charge in [-0.2, -0.15) is 0 Å². The topological polar surface area (TPSA) is 46.5 Å². The Morgan fingerprint density at radius 2 is 2.00 bits per heavy atom. The van der Waals surface area contributed by atoms with Crippen molar-refractivity contribution in [3.05, 3.63) is 29.6 Å². The molecule has 0 spiro atoms. The highest BCUT2D eigenvalue weighted by atomic mass is 31.2. The van der Waals surface area contributed by atoms with Gasteiger partial charge in [-0.1, -0.05) is 26.8 Å². The summed E-state index contributed by atoms with van der Waals surface area (Å²) in [5, 5.41) is 0. The molecule has 1 aromatic rings. The van der Waals surface area contributed by atoms with E-state index in [9.17, 15) is 8.96 Å². The summed E-state index contributed by atoms with van der Waals surface area (Å²) < 4.78 is 29.9. The lowest BCUT2D eigenvalue weighted by Crippen LogP contribution is -2.13. The normalized spacial score (nSPS) is 15.4. The van der Waals surface area contributed by atoms with Gasteiger partial charge in [-0.25, -0.2) is 4.39 Å². The van der Waals surface area contributed by atoms with E-state index < -0.39 is 7.37 Å². The second-order valence-electron chi connectivity index (χ2n) is 5.22. The summed E-state index contributed by atoms with van der Waals surface area (Å²) in [5.74, 6) is -0.0921. The molecule has 0 aliphatic heterocycles. The van der Waals surface area contributed by atoms with Crippen LogP contribution >= 0.6 is 7.37 Å². The minimum atomic E-state index is -3.24. The minimum Gasteiger partial charge on any atom is -0.483 e. The summed E-state index contributed by atoms with van der Waals surface area (Å²) in [7, 11) is -3.24. The Hall–Kier alpha value is -0.860. The Morgan fingerprint density at radius 1 is 1.41 bits per heavy atom. The highest BCUT2D eigenvalue weighted by Crippen LogP contribution is 2.36. The first-order valence-corrected chi connectivity index (χ1v) is 7.61. The van der Waals surface area contributed by atoms with Gasteiger partial charge in [0.1, 0.15) is 11.6 Å². The maximum absolute atomic E-state index is 13.8. The largest absolute Gasteiger partial charge is 0.483 e. The third kappa shape index (κ3) is 4.49. The molecule has 0 aromatic heterocycles.